The van der Waals surface area contributed by atoms with E-state index in [4.69, 9.17) is 4.74 Å². The van der Waals surface area contributed by atoms with Gasteiger partial charge in [-0.25, -0.2) is 8.42 Å². The molecule has 1 fully saturated rings. The minimum Gasteiger partial charge on any atom is -0.489 e. The highest BCUT2D eigenvalue weighted by Gasteiger charge is 2.51. The molecule has 1 aliphatic carbocycles. The maximum atomic E-state index is 11.8. The molecule has 8 heteroatoms. The molecule has 0 bridgehead atoms. The summed E-state index contributed by atoms with van der Waals surface area (Å²) in [5.74, 6) is 6.46. The largest absolute Gasteiger partial charge is 0.489 e. The summed E-state index contributed by atoms with van der Waals surface area (Å²) in [7, 11) is -3.55. The molecule has 1 aromatic carbocycles. The first-order valence-corrected chi connectivity index (χ1v) is 14.0. The first-order valence-electron chi connectivity index (χ1n) is 12.1. The van der Waals surface area contributed by atoms with Crippen LogP contribution in [0.3, 0.4) is 0 Å². The third-order valence-corrected chi connectivity index (χ3v) is 7.76. The van der Waals surface area contributed by atoms with Gasteiger partial charge in [0.05, 0.1) is 18.5 Å². The van der Waals surface area contributed by atoms with E-state index in [9.17, 15) is 23.4 Å². The van der Waals surface area contributed by atoms with Crippen LogP contribution in [0.1, 0.15) is 69.9 Å². The highest BCUT2D eigenvalue weighted by Crippen LogP contribution is 2.54. The third-order valence-electron chi connectivity index (χ3n) is 7.17. The van der Waals surface area contributed by atoms with Crippen molar-refractivity contribution in [3.05, 3.63) is 29.3 Å². The lowest BCUT2D eigenvalue weighted by Gasteiger charge is -2.30. The molecule has 1 unspecified atom stereocenters. The average Bonchev–Trinajstić information content (AvgIpc) is 3.25. The number of sulfonamides is 1. The number of ether oxygens (including phenoxy) is 1. The van der Waals surface area contributed by atoms with Gasteiger partial charge in [-0.1, -0.05) is 32.0 Å². The van der Waals surface area contributed by atoms with Crippen LogP contribution < -0.4 is 9.46 Å². The molecule has 3 rings (SSSR count). The lowest BCUT2D eigenvalue weighted by Crippen LogP contribution is -2.30. The molecule has 0 spiro atoms. The third kappa shape index (κ3) is 6.32. The Balaban J connectivity index is 1.68. The normalized spacial score (nSPS) is 25.8. The quantitative estimate of drug-likeness (QED) is 0.434. The van der Waals surface area contributed by atoms with Gasteiger partial charge in [-0.05, 0) is 49.5 Å². The summed E-state index contributed by atoms with van der Waals surface area (Å²) >= 11 is 0. The number of hydrogen-bond acceptors (Lipinski definition) is 6. The number of carbonyl (C=O) groups excluding carboxylic acids is 1. The van der Waals surface area contributed by atoms with Crippen molar-refractivity contribution in [1.29, 1.82) is 0 Å². The van der Waals surface area contributed by atoms with E-state index in [0.717, 1.165) is 23.1 Å². The number of amides is 1. The fourth-order valence-electron chi connectivity index (χ4n) is 5.52. The standard InChI is InChI=1S/C26H37NO6S/c1-5-6-9-16(2)20(28)14-17(3)24-21(29)15-22-25(24)19-12-7-10-18(26(19)33-22)11-8-13-23(30)27-34(4,31)32/h7,10,12,16-17,20-22,24-25,28-29H,8-9,11,13-15H2,1-4H3,(H,27,30)/t16-,17?,20+,21+,22-,24-,25-/m0/s1. The van der Waals surface area contributed by atoms with Crippen LogP contribution in [-0.2, 0) is 21.2 Å². The lowest BCUT2D eigenvalue weighted by atomic mass is 9.76. The molecule has 1 aliphatic heterocycles. The van der Waals surface area contributed by atoms with Gasteiger partial charge in [0.1, 0.15) is 11.9 Å². The van der Waals surface area contributed by atoms with E-state index >= 15 is 0 Å². The number of para-hydroxylation sites is 1. The number of aliphatic hydroxyl groups is 2. The van der Waals surface area contributed by atoms with Crippen LogP contribution in [-0.4, -0.2) is 49.1 Å². The van der Waals surface area contributed by atoms with E-state index in [1.54, 1.807) is 6.92 Å². The van der Waals surface area contributed by atoms with E-state index in [-0.39, 0.29) is 36.2 Å². The van der Waals surface area contributed by atoms with Gasteiger partial charge in [-0.15, -0.1) is 11.8 Å². The number of hydrogen-bond donors (Lipinski definition) is 3. The molecular weight excluding hydrogens is 454 g/mol. The summed E-state index contributed by atoms with van der Waals surface area (Å²) in [6, 6.07) is 6.00. The van der Waals surface area contributed by atoms with Crippen LogP contribution in [0.4, 0.5) is 0 Å². The molecule has 3 N–H and O–H groups in total. The number of fused-ring (bicyclic) bond motifs is 3. The second-order valence-corrected chi connectivity index (χ2v) is 11.7. The van der Waals surface area contributed by atoms with Crippen molar-refractivity contribution in [1.82, 2.24) is 4.72 Å². The van der Waals surface area contributed by atoms with Gasteiger partial charge in [0.25, 0.3) is 0 Å². The van der Waals surface area contributed by atoms with E-state index in [1.165, 1.54) is 0 Å². The number of rotatable bonds is 10. The van der Waals surface area contributed by atoms with Crippen molar-refractivity contribution < 1.29 is 28.2 Å². The molecule has 2 aliphatic rings. The molecule has 7 nitrogen and oxygen atoms in total. The van der Waals surface area contributed by atoms with Crippen molar-refractivity contribution in [3.8, 4) is 17.6 Å². The van der Waals surface area contributed by atoms with E-state index < -0.39 is 28.1 Å². The first kappa shape index (κ1) is 26.5. The van der Waals surface area contributed by atoms with Gasteiger partial charge in [0.15, 0.2) is 0 Å². The van der Waals surface area contributed by atoms with Gasteiger partial charge in [0.2, 0.25) is 15.9 Å². The predicted molar refractivity (Wildman–Crippen MR) is 131 cm³/mol. The summed E-state index contributed by atoms with van der Waals surface area (Å²) in [6.07, 6.45) is 2.91. The van der Waals surface area contributed by atoms with E-state index in [0.29, 0.717) is 32.1 Å². The topological polar surface area (TPSA) is 113 Å². The van der Waals surface area contributed by atoms with Gasteiger partial charge < -0.3 is 14.9 Å². The zero-order valence-corrected chi connectivity index (χ0v) is 21.3. The van der Waals surface area contributed by atoms with Crippen LogP contribution in [0, 0.1) is 29.6 Å². The molecule has 1 saturated carbocycles. The Hall–Kier alpha value is -2.08. The van der Waals surface area contributed by atoms with Gasteiger partial charge in [0, 0.05) is 30.7 Å². The molecular formula is C26H37NO6S. The van der Waals surface area contributed by atoms with E-state index in [1.807, 2.05) is 29.8 Å². The Morgan fingerprint density at radius 1 is 1.32 bits per heavy atom. The number of carbonyl (C=O) groups is 1. The molecule has 0 saturated heterocycles. The summed E-state index contributed by atoms with van der Waals surface area (Å²) < 4.78 is 30.7. The van der Waals surface area contributed by atoms with Crippen LogP contribution in [0.25, 0.3) is 0 Å². The van der Waals surface area contributed by atoms with Crippen molar-refractivity contribution in [2.45, 2.75) is 83.5 Å². The number of benzene rings is 1. The summed E-state index contributed by atoms with van der Waals surface area (Å²) in [5, 5.41) is 21.6. The average molecular weight is 492 g/mol. The number of aliphatic hydroxyl groups excluding tert-OH is 2. The molecule has 0 radical (unpaired) electrons. The minimum absolute atomic E-state index is 0.0128. The maximum Gasteiger partial charge on any atom is 0.233 e. The fraction of sp³-hybridized carbons (Fsp3) is 0.654. The Bertz CT molecular complexity index is 1040. The molecule has 1 heterocycles. The van der Waals surface area contributed by atoms with Crippen LogP contribution in [0.5, 0.6) is 5.75 Å². The number of nitrogens with one attached hydrogen (secondary N) is 1. The van der Waals surface area contributed by atoms with Crippen molar-refractivity contribution in [2.75, 3.05) is 6.26 Å². The van der Waals surface area contributed by atoms with Gasteiger partial charge >= 0.3 is 0 Å². The molecule has 0 aromatic heterocycles. The van der Waals surface area contributed by atoms with E-state index in [2.05, 4.69) is 18.8 Å². The Labute approximate surface area is 203 Å². The molecule has 1 aromatic rings. The molecule has 188 valence electrons. The van der Waals surface area contributed by atoms with Crippen LogP contribution >= 0.6 is 0 Å². The highest BCUT2D eigenvalue weighted by atomic mass is 32.2. The van der Waals surface area contributed by atoms with Crippen molar-refractivity contribution in [3.63, 3.8) is 0 Å². The summed E-state index contributed by atoms with van der Waals surface area (Å²) in [6.45, 7) is 5.90. The van der Waals surface area contributed by atoms with Crippen LogP contribution in [0.15, 0.2) is 18.2 Å². The van der Waals surface area contributed by atoms with Gasteiger partial charge in [-0.2, -0.15) is 0 Å². The van der Waals surface area contributed by atoms with Crippen molar-refractivity contribution >= 4 is 15.9 Å². The molecule has 1 amide bonds. The minimum atomic E-state index is -3.55. The Kier molecular flexibility index (Phi) is 8.66. The summed E-state index contributed by atoms with van der Waals surface area (Å²) in [5.41, 5.74) is 2.07. The zero-order valence-electron chi connectivity index (χ0n) is 20.5. The maximum absolute atomic E-state index is 11.8. The Morgan fingerprint density at radius 2 is 2.06 bits per heavy atom. The summed E-state index contributed by atoms with van der Waals surface area (Å²) in [4.78, 5) is 11.8. The van der Waals surface area contributed by atoms with Crippen LogP contribution in [0.2, 0.25) is 0 Å². The highest BCUT2D eigenvalue weighted by molar-refractivity contribution is 7.89. The SMILES string of the molecule is CC#CC[C@H](C)[C@H](O)CC(C)[C@@H]1[C@H]2c3cccc(CCCC(=O)NS(C)(=O)=O)c3O[C@H]2C[C@H]1O. The predicted octanol–water partition coefficient (Wildman–Crippen LogP) is 2.75. The van der Waals surface area contributed by atoms with Crippen molar-refractivity contribution in [2.24, 2.45) is 17.8 Å². The fourth-order valence-corrected chi connectivity index (χ4v) is 6.03. The lowest BCUT2D eigenvalue weighted by molar-refractivity contribution is -0.119. The van der Waals surface area contributed by atoms with Gasteiger partial charge in [-0.3, -0.25) is 9.52 Å². The zero-order chi connectivity index (χ0) is 25.0. The molecule has 34 heavy (non-hydrogen) atoms. The number of aryl methyl sites for hydroxylation is 1. The first-order chi connectivity index (χ1) is 16.0. The second-order valence-electron chi connectivity index (χ2n) is 9.94. The smallest absolute Gasteiger partial charge is 0.233 e. The second kappa shape index (κ2) is 11.1. The monoisotopic (exact) mass is 491 g/mol. The Morgan fingerprint density at radius 3 is 2.74 bits per heavy atom. The molecule has 7 atom stereocenters.